The lowest BCUT2D eigenvalue weighted by Crippen LogP contribution is -2.38. The maximum atomic E-state index is 13.4. The van der Waals surface area contributed by atoms with E-state index in [-0.39, 0.29) is 35.6 Å². The molecule has 39 heavy (non-hydrogen) atoms. The Bertz CT molecular complexity index is 1490. The van der Waals surface area contributed by atoms with Gasteiger partial charge in [-0.3, -0.25) is 4.79 Å². The molecule has 9 heteroatoms. The number of nitrogens with zero attached hydrogens (tertiary/aromatic N) is 1. The molecule has 2 atom stereocenters. The van der Waals surface area contributed by atoms with Gasteiger partial charge in [0.1, 0.15) is 11.2 Å². The number of rotatable bonds is 6. The van der Waals surface area contributed by atoms with Crippen LogP contribution in [-0.4, -0.2) is 35.9 Å². The average Bonchev–Trinajstić information content (AvgIpc) is 3.62. The number of alkyl carbamates (subject to hydrolysis) is 1. The van der Waals surface area contributed by atoms with E-state index >= 15 is 0 Å². The molecule has 2 heterocycles. The van der Waals surface area contributed by atoms with E-state index in [0.29, 0.717) is 16.7 Å². The molecule has 0 saturated heterocycles. The summed E-state index contributed by atoms with van der Waals surface area (Å²) in [6.07, 6.45) is 5.03. The number of ether oxygens (including phenoxy) is 3. The van der Waals surface area contributed by atoms with Crippen LogP contribution in [0.1, 0.15) is 86.8 Å². The van der Waals surface area contributed by atoms with Gasteiger partial charge in [-0.15, -0.1) is 11.3 Å². The molecule has 0 spiro atoms. The van der Waals surface area contributed by atoms with Crippen molar-refractivity contribution in [1.82, 2.24) is 9.88 Å². The van der Waals surface area contributed by atoms with Crippen LogP contribution in [0.15, 0.2) is 29.2 Å². The van der Waals surface area contributed by atoms with Gasteiger partial charge in [0.15, 0.2) is 5.75 Å². The number of methoxy groups -OCH3 is 1. The minimum absolute atomic E-state index is 0.0442. The third-order valence-corrected chi connectivity index (χ3v) is 8.58. The highest BCUT2D eigenvalue weighted by molar-refractivity contribution is 7.15. The van der Waals surface area contributed by atoms with Crippen LogP contribution in [0.2, 0.25) is 0 Å². The number of fused-ring (bicyclic) bond motifs is 2. The Morgan fingerprint density at radius 1 is 1.18 bits per heavy atom. The summed E-state index contributed by atoms with van der Waals surface area (Å²) in [6, 6.07) is 5.91. The second-order valence-electron chi connectivity index (χ2n) is 11.4. The minimum Gasteiger partial charge on any atom is -0.494 e. The van der Waals surface area contributed by atoms with Crippen LogP contribution in [-0.2, 0) is 15.9 Å². The molecule has 1 amide bonds. The van der Waals surface area contributed by atoms with E-state index in [1.54, 1.807) is 37.6 Å². The van der Waals surface area contributed by atoms with Gasteiger partial charge in [-0.05, 0) is 83.1 Å². The molecule has 2 unspecified atom stereocenters. The summed E-state index contributed by atoms with van der Waals surface area (Å²) in [7, 11) is 1.61. The van der Waals surface area contributed by atoms with E-state index in [9.17, 15) is 14.4 Å². The SMILES string of the molecule is CCOC(=O)c1cn(C2CC2)c2c(OC)c(-c3cc4c(s3)C(NC(=O)OC(C)(C)C)C(C)CC4)ccc2c1=O. The van der Waals surface area contributed by atoms with E-state index in [2.05, 4.69) is 18.3 Å². The molecular formula is C30H36N2O6S. The molecule has 0 radical (unpaired) electrons. The number of benzene rings is 1. The highest BCUT2D eigenvalue weighted by atomic mass is 32.1. The lowest BCUT2D eigenvalue weighted by atomic mass is 9.86. The number of carbonyl (C=O) groups excluding carboxylic acids is 2. The summed E-state index contributed by atoms with van der Waals surface area (Å²) >= 11 is 1.64. The van der Waals surface area contributed by atoms with Crippen molar-refractivity contribution < 1.29 is 23.8 Å². The van der Waals surface area contributed by atoms with E-state index in [1.807, 2.05) is 31.4 Å². The monoisotopic (exact) mass is 552 g/mol. The summed E-state index contributed by atoms with van der Waals surface area (Å²) < 4.78 is 18.7. The lowest BCUT2D eigenvalue weighted by molar-refractivity contribution is 0.0481. The van der Waals surface area contributed by atoms with E-state index in [0.717, 1.165) is 41.0 Å². The van der Waals surface area contributed by atoms with Crippen molar-refractivity contribution in [2.75, 3.05) is 13.7 Å². The molecule has 1 saturated carbocycles. The summed E-state index contributed by atoms with van der Waals surface area (Å²) in [4.78, 5) is 40.7. The number of carbonyl (C=O) groups is 2. The molecule has 5 rings (SSSR count). The van der Waals surface area contributed by atoms with Crippen molar-refractivity contribution in [3.63, 3.8) is 0 Å². The maximum Gasteiger partial charge on any atom is 0.408 e. The summed E-state index contributed by atoms with van der Waals surface area (Å²) in [5.74, 6) is 0.261. The third-order valence-electron chi connectivity index (χ3n) is 7.29. The van der Waals surface area contributed by atoms with Gasteiger partial charge in [-0.25, -0.2) is 9.59 Å². The zero-order valence-electron chi connectivity index (χ0n) is 23.4. The Morgan fingerprint density at radius 2 is 1.92 bits per heavy atom. The van der Waals surface area contributed by atoms with Crippen LogP contribution < -0.4 is 15.5 Å². The fraction of sp³-hybridized carbons (Fsp3) is 0.500. The van der Waals surface area contributed by atoms with Gasteiger partial charge in [-0.1, -0.05) is 6.92 Å². The van der Waals surface area contributed by atoms with Crippen molar-refractivity contribution in [2.45, 2.75) is 78.0 Å². The smallest absolute Gasteiger partial charge is 0.408 e. The fourth-order valence-electron chi connectivity index (χ4n) is 5.30. The molecule has 0 aliphatic heterocycles. The van der Waals surface area contributed by atoms with Gasteiger partial charge in [0, 0.05) is 27.6 Å². The van der Waals surface area contributed by atoms with Crippen molar-refractivity contribution in [3.8, 4) is 16.2 Å². The predicted octanol–water partition coefficient (Wildman–Crippen LogP) is 6.40. The fourth-order valence-corrected chi connectivity index (χ4v) is 6.72. The molecular weight excluding hydrogens is 516 g/mol. The number of hydrogen-bond donors (Lipinski definition) is 1. The highest BCUT2D eigenvalue weighted by Gasteiger charge is 2.33. The van der Waals surface area contributed by atoms with Gasteiger partial charge < -0.3 is 24.1 Å². The van der Waals surface area contributed by atoms with Crippen LogP contribution >= 0.6 is 11.3 Å². The van der Waals surface area contributed by atoms with Gasteiger partial charge in [0.2, 0.25) is 5.43 Å². The average molecular weight is 553 g/mol. The van der Waals surface area contributed by atoms with Crippen molar-refractivity contribution in [2.24, 2.45) is 5.92 Å². The van der Waals surface area contributed by atoms with Crippen LogP contribution in [0.3, 0.4) is 0 Å². The number of pyridine rings is 1. The van der Waals surface area contributed by atoms with Crippen molar-refractivity contribution >= 4 is 34.3 Å². The first-order chi connectivity index (χ1) is 18.5. The van der Waals surface area contributed by atoms with E-state index < -0.39 is 17.7 Å². The molecule has 1 fully saturated rings. The summed E-state index contributed by atoms with van der Waals surface area (Å²) in [5.41, 5.74) is 1.89. The molecule has 1 aromatic carbocycles. The number of hydrogen-bond acceptors (Lipinski definition) is 7. The summed E-state index contributed by atoms with van der Waals surface area (Å²) in [5, 5.41) is 3.54. The van der Waals surface area contributed by atoms with Crippen LogP contribution in [0.25, 0.3) is 21.3 Å². The Morgan fingerprint density at radius 3 is 2.56 bits per heavy atom. The predicted molar refractivity (Wildman–Crippen MR) is 152 cm³/mol. The largest absolute Gasteiger partial charge is 0.494 e. The number of amides is 1. The van der Waals surface area contributed by atoms with Crippen molar-refractivity contribution in [1.29, 1.82) is 0 Å². The molecule has 2 aliphatic rings. The Labute approximate surface area is 232 Å². The first-order valence-corrected chi connectivity index (χ1v) is 14.4. The standard InChI is InChI=1S/C30H36N2O6S/c1-7-37-28(34)21-15-32(18-10-11-18)24-20(25(21)33)13-12-19(26(24)36-6)22-14-17-9-8-16(2)23(27(17)39-22)31-29(35)38-30(3,4)5/h12-16,18,23H,7-11H2,1-6H3,(H,31,35). The number of esters is 1. The zero-order valence-corrected chi connectivity index (χ0v) is 24.2. The number of thiophene rings is 1. The molecule has 2 aromatic heterocycles. The molecule has 2 aliphatic carbocycles. The van der Waals surface area contributed by atoms with E-state index in [4.69, 9.17) is 14.2 Å². The first-order valence-electron chi connectivity index (χ1n) is 13.6. The summed E-state index contributed by atoms with van der Waals surface area (Å²) in [6.45, 7) is 9.64. The number of aromatic nitrogens is 1. The van der Waals surface area contributed by atoms with Gasteiger partial charge in [-0.2, -0.15) is 0 Å². The first kappa shape index (κ1) is 27.2. The highest BCUT2D eigenvalue weighted by Crippen LogP contribution is 2.47. The number of aryl methyl sites for hydroxylation is 1. The zero-order chi connectivity index (χ0) is 28.1. The van der Waals surface area contributed by atoms with Crippen LogP contribution in [0.4, 0.5) is 4.79 Å². The minimum atomic E-state index is -0.606. The van der Waals surface area contributed by atoms with Crippen molar-refractivity contribution in [3.05, 3.63) is 50.6 Å². The quantitative estimate of drug-likeness (QED) is 0.356. The normalized spacial score (nSPS) is 18.9. The molecule has 0 bridgehead atoms. The van der Waals surface area contributed by atoms with Crippen LogP contribution in [0, 0.1) is 5.92 Å². The Kier molecular flexibility index (Phi) is 7.22. The Hall–Kier alpha value is -3.33. The topological polar surface area (TPSA) is 95.9 Å². The lowest BCUT2D eigenvalue weighted by Gasteiger charge is -2.30. The molecule has 1 N–H and O–H groups in total. The Balaban J connectivity index is 1.60. The van der Waals surface area contributed by atoms with E-state index in [1.165, 1.54) is 5.56 Å². The van der Waals surface area contributed by atoms with Gasteiger partial charge in [0.25, 0.3) is 0 Å². The second-order valence-corrected chi connectivity index (χ2v) is 12.5. The molecule has 3 aromatic rings. The number of nitrogens with one attached hydrogen (secondary N) is 1. The van der Waals surface area contributed by atoms with Gasteiger partial charge in [0.05, 0.1) is 30.7 Å². The van der Waals surface area contributed by atoms with Gasteiger partial charge >= 0.3 is 12.1 Å². The molecule has 208 valence electrons. The van der Waals surface area contributed by atoms with Crippen LogP contribution in [0.5, 0.6) is 5.75 Å². The third kappa shape index (κ3) is 5.29. The second kappa shape index (κ2) is 10.3. The molecule has 8 nitrogen and oxygen atoms in total. The maximum absolute atomic E-state index is 13.4.